The zero-order chi connectivity index (χ0) is 24.0. The van der Waals surface area contributed by atoms with Crippen molar-refractivity contribution in [1.82, 2.24) is 9.21 Å². The molecule has 2 aromatic carbocycles. The first-order valence-corrected chi connectivity index (χ1v) is 12.4. The maximum atomic E-state index is 13.1. The predicted octanol–water partition coefficient (Wildman–Crippen LogP) is 3.21. The number of sulfonamides is 1. The Balaban J connectivity index is 1.51. The molecule has 178 valence electrons. The molecular formula is C24H29FN2O5S. The highest BCUT2D eigenvalue weighted by molar-refractivity contribution is 7.89. The van der Waals surface area contributed by atoms with Gasteiger partial charge in [0, 0.05) is 25.7 Å². The highest BCUT2D eigenvalue weighted by Crippen LogP contribution is 2.25. The van der Waals surface area contributed by atoms with E-state index in [1.165, 1.54) is 16.4 Å². The molecule has 0 radical (unpaired) electrons. The van der Waals surface area contributed by atoms with E-state index >= 15 is 0 Å². The summed E-state index contributed by atoms with van der Waals surface area (Å²) in [7, 11) is -3.75. The number of rotatable bonds is 8. The molecule has 1 saturated heterocycles. The van der Waals surface area contributed by atoms with Gasteiger partial charge in [0.05, 0.1) is 10.8 Å². The van der Waals surface area contributed by atoms with Gasteiger partial charge < -0.3 is 9.64 Å². The lowest BCUT2D eigenvalue weighted by molar-refractivity contribution is -0.157. The molecule has 0 aromatic heterocycles. The number of benzene rings is 2. The van der Waals surface area contributed by atoms with Gasteiger partial charge in [-0.1, -0.05) is 30.3 Å². The second-order valence-electron chi connectivity index (χ2n) is 8.34. The Morgan fingerprint density at radius 2 is 1.67 bits per heavy atom. The Labute approximate surface area is 194 Å². The van der Waals surface area contributed by atoms with Crippen molar-refractivity contribution >= 4 is 21.9 Å². The molecule has 0 aliphatic carbocycles. The average Bonchev–Trinajstić information content (AvgIpc) is 2.81. The quantitative estimate of drug-likeness (QED) is 0.547. The first-order chi connectivity index (χ1) is 15.7. The van der Waals surface area contributed by atoms with E-state index in [0.717, 1.165) is 17.7 Å². The fraction of sp³-hybridized carbons (Fsp3) is 0.417. The molecule has 1 heterocycles. The van der Waals surface area contributed by atoms with Crippen molar-refractivity contribution in [2.75, 3.05) is 19.7 Å². The third-order valence-electron chi connectivity index (χ3n) is 5.72. The van der Waals surface area contributed by atoms with Crippen molar-refractivity contribution in [1.29, 1.82) is 0 Å². The molecule has 0 bridgehead atoms. The standard InChI is InChI=1S/C24H29FN2O5S/c1-18(2)27(16-19-6-4-3-5-7-19)23(28)17-32-24(29)20-12-14-26(15-13-20)33(30,31)22-10-8-21(25)9-11-22/h3-11,18,20H,12-17H2,1-2H3. The first kappa shape index (κ1) is 24.9. The summed E-state index contributed by atoms with van der Waals surface area (Å²) >= 11 is 0. The fourth-order valence-corrected chi connectivity index (χ4v) is 5.23. The minimum absolute atomic E-state index is 0.0164. The zero-order valence-electron chi connectivity index (χ0n) is 18.8. The molecule has 1 amide bonds. The Hall–Kier alpha value is -2.78. The fourth-order valence-electron chi connectivity index (χ4n) is 3.76. The van der Waals surface area contributed by atoms with Gasteiger partial charge in [-0.3, -0.25) is 9.59 Å². The summed E-state index contributed by atoms with van der Waals surface area (Å²) in [4.78, 5) is 26.9. The van der Waals surface area contributed by atoms with Crippen LogP contribution in [0.3, 0.4) is 0 Å². The van der Waals surface area contributed by atoms with Gasteiger partial charge in [-0.25, -0.2) is 12.8 Å². The van der Waals surface area contributed by atoms with Crippen LogP contribution in [0.25, 0.3) is 0 Å². The minimum Gasteiger partial charge on any atom is -0.455 e. The van der Waals surface area contributed by atoms with Gasteiger partial charge in [-0.15, -0.1) is 0 Å². The molecule has 0 saturated carbocycles. The van der Waals surface area contributed by atoms with Gasteiger partial charge in [0.1, 0.15) is 5.82 Å². The van der Waals surface area contributed by atoms with Gasteiger partial charge >= 0.3 is 5.97 Å². The summed E-state index contributed by atoms with van der Waals surface area (Å²) in [5.74, 6) is -1.76. The molecule has 1 aliphatic rings. The molecule has 0 spiro atoms. The SMILES string of the molecule is CC(C)N(Cc1ccccc1)C(=O)COC(=O)C1CCN(S(=O)(=O)c2ccc(F)cc2)CC1. The van der Waals surface area contributed by atoms with E-state index < -0.39 is 27.7 Å². The van der Waals surface area contributed by atoms with Crippen LogP contribution in [0.1, 0.15) is 32.3 Å². The number of halogens is 1. The van der Waals surface area contributed by atoms with Crippen molar-refractivity contribution in [3.05, 3.63) is 66.0 Å². The average molecular weight is 477 g/mol. The summed E-state index contributed by atoms with van der Waals surface area (Å²) in [6.07, 6.45) is 0.594. The van der Waals surface area contributed by atoms with Crippen molar-refractivity contribution in [3.63, 3.8) is 0 Å². The summed E-state index contributed by atoms with van der Waals surface area (Å²) in [6.45, 7) is 4.19. The minimum atomic E-state index is -3.75. The summed E-state index contributed by atoms with van der Waals surface area (Å²) in [5.41, 5.74) is 0.987. The van der Waals surface area contributed by atoms with Gasteiger partial charge in [0.25, 0.3) is 5.91 Å². The first-order valence-electron chi connectivity index (χ1n) is 10.9. The highest BCUT2D eigenvalue weighted by Gasteiger charge is 2.33. The van der Waals surface area contributed by atoms with Crippen molar-refractivity contribution in [2.24, 2.45) is 5.92 Å². The highest BCUT2D eigenvalue weighted by atomic mass is 32.2. The molecule has 7 nitrogen and oxygen atoms in total. The molecule has 9 heteroatoms. The molecule has 2 aromatic rings. The van der Waals surface area contributed by atoms with Crippen LogP contribution in [0.15, 0.2) is 59.5 Å². The van der Waals surface area contributed by atoms with Gasteiger partial charge in [-0.05, 0) is 56.5 Å². The maximum absolute atomic E-state index is 13.1. The third-order valence-corrected chi connectivity index (χ3v) is 7.63. The number of hydrogen-bond donors (Lipinski definition) is 0. The number of esters is 1. The van der Waals surface area contributed by atoms with E-state index in [9.17, 15) is 22.4 Å². The Morgan fingerprint density at radius 3 is 2.24 bits per heavy atom. The van der Waals surface area contributed by atoms with Crippen LogP contribution >= 0.6 is 0 Å². The van der Waals surface area contributed by atoms with E-state index in [4.69, 9.17) is 4.74 Å². The lowest BCUT2D eigenvalue weighted by Crippen LogP contribution is -2.42. The van der Waals surface area contributed by atoms with Crippen LogP contribution in [0.5, 0.6) is 0 Å². The van der Waals surface area contributed by atoms with Crippen LogP contribution in [0.2, 0.25) is 0 Å². The largest absolute Gasteiger partial charge is 0.455 e. The summed E-state index contributed by atoms with van der Waals surface area (Å²) < 4.78 is 45.1. The second-order valence-corrected chi connectivity index (χ2v) is 10.3. The lowest BCUT2D eigenvalue weighted by atomic mass is 9.98. The Bertz CT molecular complexity index is 1050. The molecule has 1 fully saturated rings. The van der Waals surface area contributed by atoms with Crippen molar-refractivity contribution in [3.8, 4) is 0 Å². The van der Waals surface area contributed by atoms with E-state index in [-0.39, 0.29) is 36.5 Å². The lowest BCUT2D eigenvalue weighted by Gasteiger charge is -2.30. The normalized spacial score (nSPS) is 15.4. The molecule has 0 N–H and O–H groups in total. The maximum Gasteiger partial charge on any atom is 0.309 e. The van der Waals surface area contributed by atoms with E-state index in [2.05, 4.69) is 0 Å². The van der Waals surface area contributed by atoms with Crippen LogP contribution in [0, 0.1) is 11.7 Å². The van der Waals surface area contributed by atoms with Crippen LogP contribution in [-0.4, -0.2) is 55.2 Å². The number of ether oxygens (including phenoxy) is 1. The molecule has 33 heavy (non-hydrogen) atoms. The molecule has 0 atom stereocenters. The third kappa shape index (κ3) is 6.39. The number of carbonyl (C=O) groups is 2. The number of hydrogen-bond acceptors (Lipinski definition) is 5. The molecular weight excluding hydrogens is 447 g/mol. The van der Waals surface area contributed by atoms with Crippen molar-refractivity contribution in [2.45, 2.75) is 44.2 Å². The summed E-state index contributed by atoms with van der Waals surface area (Å²) in [5, 5.41) is 0. The van der Waals surface area contributed by atoms with Gasteiger partial charge in [-0.2, -0.15) is 4.31 Å². The van der Waals surface area contributed by atoms with E-state index in [1.54, 1.807) is 4.90 Å². The zero-order valence-corrected chi connectivity index (χ0v) is 19.6. The number of amides is 1. The Morgan fingerprint density at radius 1 is 1.06 bits per heavy atom. The number of carbonyl (C=O) groups excluding carboxylic acids is 2. The van der Waals surface area contributed by atoms with Crippen LogP contribution < -0.4 is 0 Å². The van der Waals surface area contributed by atoms with E-state index in [0.29, 0.717) is 19.4 Å². The Kier molecular flexibility index (Phi) is 8.20. The van der Waals surface area contributed by atoms with Crippen molar-refractivity contribution < 1.29 is 27.1 Å². The van der Waals surface area contributed by atoms with Gasteiger partial charge in [0.15, 0.2) is 6.61 Å². The molecule has 3 rings (SSSR count). The van der Waals surface area contributed by atoms with E-state index in [1.807, 2.05) is 44.2 Å². The monoisotopic (exact) mass is 476 g/mol. The molecule has 1 aliphatic heterocycles. The topological polar surface area (TPSA) is 84.0 Å². The molecule has 0 unspecified atom stereocenters. The van der Waals surface area contributed by atoms with Gasteiger partial charge in [0.2, 0.25) is 10.0 Å². The smallest absolute Gasteiger partial charge is 0.309 e. The number of piperidine rings is 1. The van der Waals surface area contributed by atoms with Crippen LogP contribution in [-0.2, 0) is 30.9 Å². The second kappa shape index (κ2) is 10.9. The summed E-state index contributed by atoms with van der Waals surface area (Å²) in [6, 6.07) is 14.2. The predicted molar refractivity (Wildman–Crippen MR) is 121 cm³/mol. The van der Waals surface area contributed by atoms with Crippen LogP contribution in [0.4, 0.5) is 4.39 Å². The number of nitrogens with zero attached hydrogens (tertiary/aromatic N) is 2.